The maximum atomic E-state index is 13.3. The number of fused-ring (bicyclic) bond motifs is 1. The van der Waals surface area contributed by atoms with E-state index in [0.29, 0.717) is 10.7 Å². The highest BCUT2D eigenvalue weighted by Crippen LogP contribution is 2.41. The molecule has 1 aliphatic carbocycles. The lowest BCUT2D eigenvalue weighted by atomic mass is 10.0. The topological polar surface area (TPSA) is 241 Å². The molecule has 2 unspecified atom stereocenters. The van der Waals surface area contributed by atoms with Crippen LogP contribution >= 0.6 is 35.1 Å². The Bertz CT molecular complexity index is 1490. The Morgan fingerprint density at radius 3 is 2.83 bits per heavy atom. The van der Waals surface area contributed by atoms with Crippen molar-refractivity contribution in [3.05, 3.63) is 29.2 Å². The van der Waals surface area contributed by atoms with Crippen molar-refractivity contribution in [2.24, 2.45) is 5.16 Å². The second-order valence-corrected chi connectivity index (χ2v) is 12.0. The smallest absolute Gasteiger partial charge is 0.352 e. The summed E-state index contributed by atoms with van der Waals surface area (Å²) < 4.78 is 5.37. The molecule has 3 aliphatic rings. The highest BCUT2D eigenvalue weighted by Gasteiger charge is 2.54. The Balaban J connectivity index is 1.28. The number of carboxylic acids is 2. The summed E-state index contributed by atoms with van der Waals surface area (Å²) in [5.41, 5.74) is 5.72. The highest BCUT2D eigenvalue weighted by atomic mass is 32.2. The van der Waals surface area contributed by atoms with Crippen molar-refractivity contribution in [1.82, 2.24) is 39.8 Å². The van der Waals surface area contributed by atoms with Crippen LogP contribution in [0.5, 0.6) is 0 Å². The molecule has 5 rings (SSSR count). The van der Waals surface area contributed by atoms with Crippen LogP contribution in [-0.4, -0.2) is 103 Å². The van der Waals surface area contributed by atoms with Gasteiger partial charge in [0, 0.05) is 23.0 Å². The molecule has 2 aliphatic heterocycles. The lowest BCUT2D eigenvalue weighted by Gasteiger charge is -2.49. The first-order valence-electron chi connectivity index (χ1n) is 12.5. The van der Waals surface area contributed by atoms with Crippen LogP contribution in [0.2, 0.25) is 0 Å². The standard InChI is InChI=1S/C22H24N10O7S3/c23-21-25-16(28-42-21)13(27-39-11-4-2-1-3-5-11)17(35)24-14-18(36)32-15(20(37)38)10(8-40-19(14)32)9-41-22-26-29-30-31(22)7-6-12(33)34/h2,4,11,14,19H,1,3,5-9H2,(H,24,35)(H,33,34)(H,37,38)(H2,23,25,28)/b27-13-/t11?,14?,19-/m1/s1. The molecule has 5 N–H and O–H groups in total. The fourth-order valence-electron chi connectivity index (χ4n) is 4.30. The summed E-state index contributed by atoms with van der Waals surface area (Å²) >= 11 is 3.29. The maximum absolute atomic E-state index is 13.3. The van der Waals surface area contributed by atoms with Crippen molar-refractivity contribution in [2.75, 3.05) is 17.2 Å². The van der Waals surface area contributed by atoms with Gasteiger partial charge in [0.15, 0.2) is 5.13 Å². The molecule has 2 aromatic rings. The van der Waals surface area contributed by atoms with E-state index < -0.39 is 35.2 Å². The summed E-state index contributed by atoms with van der Waals surface area (Å²) in [6, 6.07) is -1.02. The number of aliphatic carboxylic acids is 2. The first-order valence-corrected chi connectivity index (χ1v) is 15.4. The summed E-state index contributed by atoms with van der Waals surface area (Å²) in [6.07, 6.45) is 5.87. The number of hydrogen-bond acceptors (Lipinski definition) is 15. The Morgan fingerprint density at radius 1 is 1.31 bits per heavy atom. The number of nitrogen functional groups attached to an aromatic ring is 1. The first kappa shape index (κ1) is 29.5. The monoisotopic (exact) mass is 636 g/mol. The molecule has 2 aromatic heterocycles. The van der Waals surface area contributed by atoms with Gasteiger partial charge >= 0.3 is 11.9 Å². The molecular formula is C22H24N10O7S3. The van der Waals surface area contributed by atoms with E-state index >= 15 is 0 Å². The van der Waals surface area contributed by atoms with Gasteiger partial charge in [0.1, 0.15) is 23.2 Å². The minimum Gasteiger partial charge on any atom is -0.481 e. The van der Waals surface area contributed by atoms with Crippen LogP contribution in [0.25, 0.3) is 0 Å². The summed E-state index contributed by atoms with van der Waals surface area (Å²) in [6.45, 7) is 0.0506. The molecule has 0 spiro atoms. The number of rotatable bonds is 12. The zero-order chi connectivity index (χ0) is 29.8. The molecule has 0 saturated carbocycles. The zero-order valence-electron chi connectivity index (χ0n) is 21.7. The Labute approximate surface area is 249 Å². The van der Waals surface area contributed by atoms with E-state index in [1.807, 2.05) is 12.2 Å². The third kappa shape index (κ3) is 6.39. The number of amides is 2. The molecule has 42 heavy (non-hydrogen) atoms. The predicted octanol–water partition coefficient (Wildman–Crippen LogP) is -0.0582. The number of nitrogens with one attached hydrogen (secondary N) is 1. The van der Waals surface area contributed by atoms with Crippen LogP contribution in [0.3, 0.4) is 0 Å². The second-order valence-electron chi connectivity index (χ2n) is 9.13. The van der Waals surface area contributed by atoms with Crippen molar-refractivity contribution >= 4 is 69.7 Å². The van der Waals surface area contributed by atoms with E-state index in [9.17, 15) is 24.3 Å². The molecule has 17 nitrogen and oxygen atoms in total. The summed E-state index contributed by atoms with van der Waals surface area (Å²) in [5.74, 6) is -3.31. The summed E-state index contributed by atoms with van der Waals surface area (Å²) in [7, 11) is 0. The fourth-order valence-corrected chi connectivity index (χ4v) is 7.12. The number of oxime groups is 1. The number of nitrogens with two attached hydrogens (primary N) is 1. The molecular weight excluding hydrogens is 613 g/mol. The van der Waals surface area contributed by atoms with Crippen LogP contribution in [0.4, 0.5) is 5.13 Å². The van der Waals surface area contributed by atoms with Gasteiger partial charge in [-0.15, -0.1) is 16.9 Å². The molecule has 0 bridgehead atoms. The van der Waals surface area contributed by atoms with Crippen LogP contribution in [0, 0.1) is 0 Å². The lowest BCUT2D eigenvalue weighted by molar-refractivity contribution is -0.150. The number of carbonyl (C=O) groups excluding carboxylic acids is 2. The van der Waals surface area contributed by atoms with Gasteiger partial charge in [0.05, 0.1) is 13.0 Å². The van der Waals surface area contributed by atoms with Crippen molar-refractivity contribution in [1.29, 1.82) is 0 Å². The lowest BCUT2D eigenvalue weighted by Crippen LogP contribution is -2.71. The van der Waals surface area contributed by atoms with Crippen LogP contribution < -0.4 is 11.1 Å². The van der Waals surface area contributed by atoms with Gasteiger partial charge in [0.25, 0.3) is 11.8 Å². The normalized spacial score (nSPS) is 22.0. The SMILES string of the molecule is Nc1nc(/C(=N/OC2C=CCCC2)C(=O)NC2C(=O)N3C(C(=O)O)=C(CSc4nnnn4CCC(=O)O)CS[C@H]23)ns1. The Hall–Kier alpha value is -4.04. The molecule has 20 heteroatoms. The molecule has 3 atom stereocenters. The number of β-lactam (4-membered cyclic amide) rings is 1. The Morgan fingerprint density at radius 2 is 2.14 bits per heavy atom. The number of allylic oxidation sites excluding steroid dienone is 1. The average molecular weight is 637 g/mol. The van der Waals surface area contributed by atoms with E-state index in [1.165, 1.54) is 16.4 Å². The number of carboxylic acid groups (broad SMARTS) is 2. The third-order valence-corrected chi connectivity index (χ3v) is 9.23. The number of carbonyl (C=O) groups is 4. The van der Waals surface area contributed by atoms with Crippen LogP contribution in [-0.2, 0) is 30.6 Å². The summed E-state index contributed by atoms with van der Waals surface area (Å²) in [4.78, 5) is 60.3. The minimum atomic E-state index is -1.29. The van der Waals surface area contributed by atoms with Crippen molar-refractivity contribution in [2.45, 2.75) is 54.9 Å². The molecule has 0 aromatic carbocycles. The zero-order valence-corrected chi connectivity index (χ0v) is 24.1. The van der Waals surface area contributed by atoms with E-state index in [2.05, 4.69) is 35.4 Å². The summed E-state index contributed by atoms with van der Waals surface area (Å²) in [5, 5.41) is 36.5. The number of hydrogen-bond donors (Lipinski definition) is 4. The van der Waals surface area contributed by atoms with E-state index in [-0.39, 0.29) is 52.9 Å². The van der Waals surface area contributed by atoms with Gasteiger partial charge in [-0.3, -0.25) is 19.3 Å². The minimum absolute atomic E-state index is 0.0501. The molecule has 1 saturated heterocycles. The average Bonchev–Trinajstić information content (AvgIpc) is 3.62. The van der Waals surface area contributed by atoms with Gasteiger partial charge in [0.2, 0.25) is 16.7 Å². The van der Waals surface area contributed by atoms with E-state index in [0.717, 1.165) is 47.5 Å². The quantitative estimate of drug-likeness (QED) is 0.0784. The van der Waals surface area contributed by atoms with Crippen LogP contribution in [0.15, 0.2) is 33.7 Å². The molecule has 222 valence electrons. The van der Waals surface area contributed by atoms with Crippen molar-refractivity contribution < 1.29 is 34.2 Å². The third-order valence-electron chi connectivity index (χ3n) is 6.31. The fraction of sp³-hybridized carbons (Fsp3) is 0.455. The van der Waals surface area contributed by atoms with Gasteiger partial charge in [-0.05, 0) is 41.3 Å². The van der Waals surface area contributed by atoms with Crippen LogP contribution in [0.1, 0.15) is 31.5 Å². The van der Waals surface area contributed by atoms with Gasteiger partial charge < -0.3 is 26.1 Å². The predicted molar refractivity (Wildman–Crippen MR) is 149 cm³/mol. The van der Waals surface area contributed by atoms with E-state index in [4.69, 9.17) is 15.7 Å². The maximum Gasteiger partial charge on any atom is 0.352 e. The largest absolute Gasteiger partial charge is 0.481 e. The number of thioether (sulfide) groups is 2. The number of aryl methyl sites for hydroxylation is 1. The number of aromatic nitrogens is 6. The van der Waals surface area contributed by atoms with Gasteiger partial charge in [-0.2, -0.15) is 9.36 Å². The molecule has 0 radical (unpaired) electrons. The van der Waals surface area contributed by atoms with Crippen molar-refractivity contribution in [3.8, 4) is 0 Å². The molecule has 1 fully saturated rings. The molecule has 4 heterocycles. The first-order chi connectivity index (χ1) is 20.2. The number of tetrazole rings is 1. The second kappa shape index (κ2) is 12.9. The highest BCUT2D eigenvalue weighted by molar-refractivity contribution is 8.01. The Kier molecular flexibility index (Phi) is 9.02. The van der Waals surface area contributed by atoms with Crippen molar-refractivity contribution in [3.63, 3.8) is 0 Å². The number of nitrogens with zero attached hydrogens (tertiary/aromatic N) is 8. The number of anilines is 1. The van der Waals surface area contributed by atoms with E-state index in [1.54, 1.807) is 0 Å². The van der Waals surface area contributed by atoms with Gasteiger partial charge in [-0.25, -0.2) is 9.48 Å². The molecule has 2 amide bonds. The van der Waals surface area contributed by atoms with Gasteiger partial charge in [-0.1, -0.05) is 23.0 Å².